The van der Waals surface area contributed by atoms with E-state index in [1.165, 1.54) is 0 Å². The van der Waals surface area contributed by atoms with Crippen molar-refractivity contribution in [2.45, 2.75) is 52.3 Å². The highest BCUT2D eigenvalue weighted by atomic mass is 19.4. The first-order valence-corrected chi connectivity index (χ1v) is 15.1. The molecule has 1 fully saturated rings. The lowest BCUT2D eigenvalue weighted by Crippen LogP contribution is -2.42. The number of pyridine rings is 1. The molecule has 0 spiro atoms. The first kappa shape index (κ1) is 32.5. The predicted molar refractivity (Wildman–Crippen MR) is 169 cm³/mol. The Balaban J connectivity index is 1.37. The fraction of sp³-hybridized carbons (Fsp3) is 0.353. The number of aromatic nitrogens is 3. The van der Waals surface area contributed by atoms with Gasteiger partial charge in [0.2, 0.25) is 5.95 Å². The highest BCUT2D eigenvalue weighted by Gasteiger charge is 2.38. The quantitative estimate of drug-likeness (QED) is 0.174. The van der Waals surface area contributed by atoms with Crippen LogP contribution in [-0.4, -0.2) is 51.8 Å². The second-order valence-electron chi connectivity index (χ2n) is 11.7. The van der Waals surface area contributed by atoms with Crippen molar-refractivity contribution >= 4 is 23.6 Å². The highest BCUT2D eigenvalue weighted by Crippen LogP contribution is 2.38. The van der Waals surface area contributed by atoms with Crippen LogP contribution in [0.4, 0.5) is 30.8 Å². The van der Waals surface area contributed by atoms with Crippen molar-refractivity contribution in [3.8, 4) is 22.8 Å². The molecule has 3 heterocycles. The number of carbonyl (C=O) groups is 1. The molecule has 0 aliphatic carbocycles. The second-order valence-corrected chi connectivity index (χ2v) is 11.7. The Hall–Kier alpha value is -4.87. The van der Waals surface area contributed by atoms with Crippen LogP contribution in [0, 0.1) is 5.41 Å². The average Bonchev–Trinajstić information content (AvgIpc) is 3.02. The number of carboxylic acids is 1. The number of aliphatic carboxylic acids is 1. The molecule has 46 heavy (non-hydrogen) atoms. The molecule has 2 aromatic heterocycles. The van der Waals surface area contributed by atoms with Crippen LogP contribution in [0.25, 0.3) is 11.3 Å². The van der Waals surface area contributed by atoms with Crippen LogP contribution < -0.4 is 19.7 Å². The molecule has 0 saturated carbocycles. The van der Waals surface area contributed by atoms with Gasteiger partial charge in [-0.15, -0.1) is 0 Å². The van der Waals surface area contributed by atoms with Crippen LogP contribution in [0.5, 0.6) is 11.5 Å². The molecule has 1 saturated heterocycles. The lowest BCUT2D eigenvalue weighted by atomic mass is 9.85. The average molecular weight is 636 g/mol. The van der Waals surface area contributed by atoms with Gasteiger partial charge < -0.3 is 24.8 Å². The van der Waals surface area contributed by atoms with Crippen molar-refractivity contribution in [2.24, 2.45) is 5.41 Å². The van der Waals surface area contributed by atoms with Gasteiger partial charge in [0.1, 0.15) is 23.3 Å². The van der Waals surface area contributed by atoms with Gasteiger partial charge in [-0.3, -0.25) is 4.79 Å². The Morgan fingerprint density at radius 3 is 2.54 bits per heavy atom. The van der Waals surface area contributed by atoms with E-state index >= 15 is 0 Å². The van der Waals surface area contributed by atoms with E-state index in [1.807, 2.05) is 43.3 Å². The number of hydrogen-bond acceptors (Lipinski definition) is 8. The van der Waals surface area contributed by atoms with Crippen molar-refractivity contribution in [1.82, 2.24) is 15.0 Å². The summed E-state index contributed by atoms with van der Waals surface area (Å²) >= 11 is 0. The number of benzene rings is 2. The Kier molecular flexibility index (Phi) is 9.64. The van der Waals surface area contributed by atoms with Crippen molar-refractivity contribution in [2.75, 3.05) is 29.9 Å². The SMILES string of the molecule is CCOc1ccccc1O[C@@H]1CCCN(c2nc(Nc3cccc(-c4cccc(CC(C)(C)C(=O)O)c4)n3)ncc2C(F)(F)F)C1. The monoisotopic (exact) mass is 635 g/mol. The molecule has 1 aliphatic rings. The molecule has 2 aromatic carbocycles. The minimum absolute atomic E-state index is 0.0330. The van der Waals surface area contributed by atoms with Gasteiger partial charge in [-0.2, -0.15) is 18.2 Å². The van der Waals surface area contributed by atoms with Crippen LogP contribution in [0.1, 0.15) is 44.7 Å². The first-order valence-electron chi connectivity index (χ1n) is 15.1. The Morgan fingerprint density at radius 2 is 1.80 bits per heavy atom. The summed E-state index contributed by atoms with van der Waals surface area (Å²) in [5.74, 6) is 0.303. The van der Waals surface area contributed by atoms with E-state index in [4.69, 9.17) is 9.47 Å². The molecule has 0 amide bonds. The lowest BCUT2D eigenvalue weighted by Gasteiger charge is -2.35. The maximum atomic E-state index is 14.1. The third-order valence-corrected chi connectivity index (χ3v) is 7.63. The van der Waals surface area contributed by atoms with Gasteiger partial charge in [-0.25, -0.2) is 9.97 Å². The fourth-order valence-electron chi connectivity index (χ4n) is 5.31. The van der Waals surface area contributed by atoms with Gasteiger partial charge in [0.15, 0.2) is 11.5 Å². The number of nitrogens with zero attached hydrogens (tertiary/aromatic N) is 4. The zero-order valence-corrected chi connectivity index (χ0v) is 25.8. The van der Waals surface area contributed by atoms with Crippen molar-refractivity contribution in [3.05, 3.63) is 84.1 Å². The molecular formula is C34H36F3N5O4. The third kappa shape index (κ3) is 7.85. The summed E-state index contributed by atoms with van der Waals surface area (Å²) in [5.41, 5.74) is 0.320. The van der Waals surface area contributed by atoms with Gasteiger partial charge in [0.05, 0.1) is 24.3 Å². The summed E-state index contributed by atoms with van der Waals surface area (Å²) < 4.78 is 54.3. The number of hydrogen-bond donors (Lipinski definition) is 2. The summed E-state index contributed by atoms with van der Waals surface area (Å²) in [4.78, 5) is 26.1. The van der Waals surface area contributed by atoms with Gasteiger partial charge >= 0.3 is 12.1 Å². The van der Waals surface area contributed by atoms with E-state index in [0.29, 0.717) is 55.4 Å². The van der Waals surface area contributed by atoms with E-state index in [-0.39, 0.29) is 24.4 Å². The second kappa shape index (κ2) is 13.6. The molecule has 242 valence electrons. The number of rotatable bonds is 11. The zero-order chi connectivity index (χ0) is 32.9. The van der Waals surface area contributed by atoms with E-state index in [9.17, 15) is 23.1 Å². The van der Waals surface area contributed by atoms with Crippen LogP contribution in [0.3, 0.4) is 0 Å². The summed E-state index contributed by atoms with van der Waals surface area (Å²) in [6, 6.07) is 19.9. The fourth-order valence-corrected chi connectivity index (χ4v) is 5.31. The molecule has 9 nitrogen and oxygen atoms in total. The summed E-state index contributed by atoms with van der Waals surface area (Å²) in [7, 11) is 0. The molecule has 5 rings (SSSR count). The molecule has 4 aromatic rings. The highest BCUT2D eigenvalue weighted by molar-refractivity contribution is 5.74. The lowest BCUT2D eigenvalue weighted by molar-refractivity contribution is -0.146. The van der Waals surface area contributed by atoms with Gasteiger partial charge in [0, 0.05) is 18.3 Å². The molecule has 2 N–H and O–H groups in total. The predicted octanol–water partition coefficient (Wildman–Crippen LogP) is 7.40. The number of anilines is 3. The van der Waals surface area contributed by atoms with Gasteiger partial charge in [0.25, 0.3) is 0 Å². The topological polar surface area (TPSA) is 110 Å². The number of ether oxygens (including phenoxy) is 2. The largest absolute Gasteiger partial charge is 0.490 e. The smallest absolute Gasteiger partial charge is 0.421 e. The van der Waals surface area contributed by atoms with Crippen molar-refractivity contribution < 1.29 is 32.5 Å². The van der Waals surface area contributed by atoms with Crippen LogP contribution in [-0.2, 0) is 17.4 Å². The van der Waals surface area contributed by atoms with Crippen LogP contribution in [0.15, 0.2) is 72.9 Å². The number of para-hydroxylation sites is 2. The molecule has 1 aliphatic heterocycles. The number of halogens is 3. The summed E-state index contributed by atoms with van der Waals surface area (Å²) in [6.07, 6.45) is -2.65. The summed E-state index contributed by atoms with van der Waals surface area (Å²) in [5, 5.41) is 12.5. The minimum atomic E-state index is -4.67. The van der Waals surface area contributed by atoms with Crippen LogP contribution >= 0.6 is 0 Å². The minimum Gasteiger partial charge on any atom is -0.490 e. The molecule has 0 radical (unpaired) electrons. The standard InChI is InChI=1S/C34H36F3N5O4/c1-4-45-27-14-5-6-15-28(27)46-24-12-9-17-42(21-24)30-25(34(35,36)37)20-38-32(41-30)40-29-16-8-13-26(39-29)23-11-7-10-22(18-23)19-33(2,3)31(43)44/h5-8,10-11,13-16,18,20,24H,4,9,12,17,19,21H2,1-3H3,(H,43,44)(H,38,39,40,41)/t24-/m1/s1. The van der Waals surface area contributed by atoms with Crippen LogP contribution in [0.2, 0.25) is 0 Å². The van der Waals surface area contributed by atoms with E-state index in [0.717, 1.165) is 17.3 Å². The van der Waals surface area contributed by atoms with E-state index < -0.39 is 23.1 Å². The molecule has 0 bridgehead atoms. The third-order valence-electron chi connectivity index (χ3n) is 7.63. The van der Waals surface area contributed by atoms with Crippen molar-refractivity contribution in [1.29, 1.82) is 0 Å². The molecular weight excluding hydrogens is 599 g/mol. The maximum absolute atomic E-state index is 14.1. The molecule has 0 unspecified atom stereocenters. The van der Waals surface area contributed by atoms with Gasteiger partial charge in [-0.05, 0) is 75.9 Å². The zero-order valence-electron chi connectivity index (χ0n) is 25.8. The number of piperidine rings is 1. The molecule has 12 heteroatoms. The van der Waals surface area contributed by atoms with Gasteiger partial charge in [-0.1, -0.05) is 36.4 Å². The number of carboxylic acid groups (broad SMARTS) is 1. The Morgan fingerprint density at radius 1 is 1.04 bits per heavy atom. The van der Waals surface area contributed by atoms with E-state index in [1.54, 1.807) is 49.1 Å². The Labute approximate surface area is 265 Å². The number of nitrogens with one attached hydrogen (secondary N) is 1. The summed E-state index contributed by atoms with van der Waals surface area (Å²) in [6.45, 7) is 6.23. The normalized spacial score (nSPS) is 15.3. The van der Waals surface area contributed by atoms with E-state index in [2.05, 4.69) is 20.3 Å². The maximum Gasteiger partial charge on any atom is 0.421 e. The van der Waals surface area contributed by atoms with Crippen molar-refractivity contribution in [3.63, 3.8) is 0 Å². The Bertz CT molecular complexity index is 1680. The molecule has 1 atom stereocenters. The number of alkyl halides is 3. The first-order chi connectivity index (χ1) is 21.9.